The number of aliphatic hydroxyl groups excluding tert-OH is 1. The van der Waals surface area contributed by atoms with Crippen LogP contribution < -0.4 is 0 Å². The molecule has 1 aromatic rings. The first-order valence-corrected chi connectivity index (χ1v) is 11.6. The Morgan fingerprint density at radius 3 is 2.76 bits per heavy atom. The number of methoxy groups -OCH3 is 1. The molecule has 0 saturated heterocycles. The van der Waals surface area contributed by atoms with Crippen LogP contribution in [0, 0.1) is 5.92 Å². The van der Waals surface area contributed by atoms with Crippen molar-refractivity contribution < 1.29 is 14.6 Å². The molecule has 0 spiro atoms. The number of aryl methyl sites for hydroxylation is 1. The van der Waals surface area contributed by atoms with E-state index in [1.807, 2.05) is 0 Å². The number of carbonyl (C=O) groups excluding carboxylic acids is 1. The van der Waals surface area contributed by atoms with Gasteiger partial charge in [-0.2, -0.15) is 0 Å². The Morgan fingerprint density at radius 2 is 2.00 bits per heavy atom. The first kappa shape index (κ1) is 24.0. The third-order valence-corrected chi connectivity index (χ3v) is 6.58. The van der Waals surface area contributed by atoms with E-state index in [2.05, 4.69) is 48.1 Å². The molecule has 0 aromatic heterocycles. The lowest BCUT2D eigenvalue weighted by atomic mass is 9.82. The number of carbonyl (C=O) groups is 1. The topological polar surface area (TPSA) is 46.5 Å². The zero-order chi connectivity index (χ0) is 21.1. The summed E-state index contributed by atoms with van der Waals surface area (Å²) in [6, 6.07) is 8.59. The monoisotopic (exact) mass is 420 g/mol. The van der Waals surface area contributed by atoms with Gasteiger partial charge in [-0.05, 0) is 55.6 Å². The molecule has 162 valence electrons. The number of allylic oxidation sites excluding steroid dienone is 2. The quantitative estimate of drug-likeness (QED) is 0.190. The van der Waals surface area contributed by atoms with Gasteiger partial charge in [0.15, 0.2) is 0 Å². The van der Waals surface area contributed by atoms with Gasteiger partial charge in [0, 0.05) is 17.7 Å². The standard InChI is InChI=1S/C25H37ClO3/c1-3-4-5-8-13-19-14-11-12-15-20(19)25-21(22(26)18-23(25)27)16-9-6-7-10-17-24(28)29-2/h6,9,11-12,14-15,21-23,25,27H,3-5,7-8,10,13,16-18H2,1-2H3/b9-6-/t21-,22+,23+,25+/m0/s1. The fraction of sp³-hybridized carbons (Fsp3) is 0.640. The molecule has 0 bridgehead atoms. The van der Waals surface area contributed by atoms with Crippen LogP contribution >= 0.6 is 11.6 Å². The Labute approximate surface area is 181 Å². The molecule has 0 radical (unpaired) electrons. The van der Waals surface area contributed by atoms with Crippen molar-refractivity contribution in [3.63, 3.8) is 0 Å². The molecule has 1 fully saturated rings. The number of hydrogen-bond donors (Lipinski definition) is 1. The van der Waals surface area contributed by atoms with Crippen LogP contribution in [-0.2, 0) is 16.0 Å². The average Bonchev–Trinajstić information content (AvgIpc) is 3.00. The molecule has 0 amide bonds. The second-order valence-electron chi connectivity index (χ2n) is 8.19. The third kappa shape index (κ3) is 7.46. The van der Waals surface area contributed by atoms with E-state index in [9.17, 15) is 9.90 Å². The summed E-state index contributed by atoms with van der Waals surface area (Å²) in [4.78, 5) is 11.2. The minimum Gasteiger partial charge on any atom is -0.469 e. The molecule has 0 unspecified atom stereocenters. The maximum absolute atomic E-state index is 11.2. The van der Waals surface area contributed by atoms with Crippen molar-refractivity contribution >= 4 is 17.6 Å². The van der Waals surface area contributed by atoms with Crippen LogP contribution in [0.2, 0.25) is 0 Å². The van der Waals surface area contributed by atoms with E-state index in [-0.39, 0.29) is 29.3 Å². The molecular weight excluding hydrogens is 384 g/mol. The molecule has 1 aliphatic rings. The maximum atomic E-state index is 11.2. The lowest BCUT2D eigenvalue weighted by molar-refractivity contribution is -0.140. The van der Waals surface area contributed by atoms with Crippen LogP contribution in [0.5, 0.6) is 0 Å². The lowest BCUT2D eigenvalue weighted by Gasteiger charge is -2.25. The van der Waals surface area contributed by atoms with E-state index in [1.54, 1.807) is 0 Å². The molecule has 0 aliphatic heterocycles. The summed E-state index contributed by atoms with van der Waals surface area (Å²) in [7, 11) is 1.42. The van der Waals surface area contributed by atoms with E-state index in [1.165, 1.54) is 43.9 Å². The second-order valence-corrected chi connectivity index (χ2v) is 8.75. The number of esters is 1. The Hall–Kier alpha value is -1.32. The van der Waals surface area contributed by atoms with Crippen molar-refractivity contribution in [1.29, 1.82) is 0 Å². The van der Waals surface area contributed by atoms with Gasteiger partial charge in [0.1, 0.15) is 0 Å². The highest BCUT2D eigenvalue weighted by Crippen LogP contribution is 2.45. The van der Waals surface area contributed by atoms with Crippen molar-refractivity contribution in [3.05, 3.63) is 47.5 Å². The minimum atomic E-state index is -0.382. The summed E-state index contributed by atoms with van der Waals surface area (Å²) in [5.74, 6) is 0.175. The predicted molar refractivity (Wildman–Crippen MR) is 120 cm³/mol. The molecule has 4 atom stereocenters. The van der Waals surface area contributed by atoms with E-state index in [4.69, 9.17) is 11.6 Å². The van der Waals surface area contributed by atoms with Gasteiger partial charge in [0.05, 0.1) is 13.2 Å². The molecule has 0 heterocycles. The number of ether oxygens (including phenoxy) is 1. The van der Waals surface area contributed by atoms with Crippen LogP contribution in [0.3, 0.4) is 0 Å². The first-order chi connectivity index (χ1) is 14.1. The van der Waals surface area contributed by atoms with Crippen molar-refractivity contribution in [2.24, 2.45) is 5.92 Å². The summed E-state index contributed by atoms with van der Waals surface area (Å²) in [5.41, 5.74) is 2.65. The maximum Gasteiger partial charge on any atom is 0.305 e. The van der Waals surface area contributed by atoms with E-state index in [0.29, 0.717) is 12.8 Å². The number of hydrogen-bond acceptors (Lipinski definition) is 3. The fourth-order valence-corrected chi connectivity index (χ4v) is 4.90. The van der Waals surface area contributed by atoms with Crippen molar-refractivity contribution in [2.75, 3.05) is 7.11 Å². The Morgan fingerprint density at radius 1 is 1.21 bits per heavy atom. The van der Waals surface area contributed by atoms with Crippen LogP contribution in [0.15, 0.2) is 36.4 Å². The highest BCUT2D eigenvalue weighted by atomic mass is 35.5. The fourth-order valence-electron chi connectivity index (χ4n) is 4.46. The summed E-state index contributed by atoms with van der Waals surface area (Å²) in [6.07, 6.45) is 13.6. The second kappa shape index (κ2) is 13.1. The number of benzene rings is 1. The van der Waals surface area contributed by atoms with Gasteiger partial charge in [-0.15, -0.1) is 11.6 Å². The van der Waals surface area contributed by atoms with Crippen molar-refractivity contribution in [2.45, 2.75) is 88.5 Å². The van der Waals surface area contributed by atoms with Crippen LogP contribution in [-0.4, -0.2) is 29.7 Å². The molecule has 29 heavy (non-hydrogen) atoms. The minimum absolute atomic E-state index is 0.0112. The SMILES string of the molecule is CCCCCCc1ccccc1[C@@H]1[C@@H](C/C=C\CCCC(=O)OC)[C@H](Cl)C[C@H]1O. The Bertz CT molecular complexity index is 643. The average molecular weight is 421 g/mol. The number of halogens is 1. The number of aliphatic hydroxyl groups is 1. The van der Waals surface area contributed by atoms with Gasteiger partial charge in [-0.25, -0.2) is 0 Å². The molecule has 1 N–H and O–H groups in total. The normalized spacial score (nSPS) is 24.3. The van der Waals surface area contributed by atoms with Gasteiger partial charge in [0.25, 0.3) is 0 Å². The highest BCUT2D eigenvalue weighted by Gasteiger charge is 2.42. The number of unbranched alkanes of at least 4 members (excludes halogenated alkanes) is 4. The zero-order valence-electron chi connectivity index (χ0n) is 18.0. The zero-order valence-corrected chi connectivity index (χ0v) is 18.7. The molecule has 3 nitrogen and oxygen atoms in total. The highest BCUT2D eigenvalue weighted by molar-refractivity contribution is 6.21. The largest absolute Gasteiger partial charge is 0.469 e. The van der Waals surface area contributed by atoms with Gasteiger partial charge in [0.2, 0.25) is 0 Å². The molecular formula is C25H37ClO3. The van der Waals surface area contributed by atoms with Crippen LogP contribution in [0.25, 0.3) is 0 Å². The molecule has 1 saturated carbocycles. The van der Waals surface area contributed by atoms with Gasteiger partial charge in [-0.3, -0.25) is 4.79 Å². The molecule has 4 heteroatoms. The number of rotatable bonds is 12. The van der Waals surface area contributed by atoms with Crippen molar-refractivity contribution in [1.82, 2.24) is 0 Å². The first-order valence-electron chi connectivity index (χ1n) is 11.2. The van der Waals surface area contributed by atoms with E-state index in [0.717, 1.165) is 25.7 Å². The summed E-state index contributed by atoms with van der Waals surface area (Å²) in [5, 5.41) is 10.8. The Kier molecular flexibility index (Phi) is 10.8. The smallest absolute Gasteiger partial charge is 0.305 e. The van der Waals surface area contributed by atoms with Gasteiger partial charge < -0.3 is 9.84 Å². The third-order valence-electron chi connectivity index (χ3n) is 6.08. The predicted octanol–water partition coefficient (Wildman–Crippen LogP) is 6.17. The molecule has 1 aromatic carbocycles. The van der Waals surface area contributed by atoms with Crippen molar-refractivity contribution in [3.8, 4) is 0 Å². The van der Waals surface area contributed by atoms with E-state index < -0.39 is 0 Å². The number of alkyl halides is 1. The summed E-state index contributed by atoms with van der Waals surface area (Å²) < 4.78 is 4.67. The summed E-state index contributed by atoms with van der Waals surface area (Å²) >= 11 is 6.66. The molecule has 1 aliphatic carbocycles. The van der Waals surface area contributed by atoms with Crippen LogP contribution in [0.1, 0.15) is 81.8 Å². The molecule has 2 rings (SSSR count). The van der Waals surface area contributed by atoms with E-state index >= 15 is 0 Å². The Balaban J connectivity index is 1.99. The van der Waals surface area contributed by atoms with Crippen LogP contribution in [0.4, 0.5) is 0 Å². The van der Waals surface area contributed by atoms with Gasteiger partial charge in [-0.1, -0.05) is 62.6 Å². The summed E-state index contributed by atoms with van der Waals surface area (Å²) in [6.45, 7) is 2.23. The lowest BCUT2D eigenvalue weighted by Crippen LogP contribution is -2.20. The van der Waals surface area contributed by atoms with Gasteiger partial charge >= 0.3 is 5.97 Å².